The SMILES string of the molecule is C=CC[C@H](OC(N)=O)c1cncc(-c2c(NC(=O)C(C)C=C)cnn2C(F)F)c1. The van der Waals surface area contributed by atoms with Crippen LogP contribution in [0.5, 0.6) is 0 Å². The molecule has 2 aromatic heterocycles. The van der Waals surface area contributed by atoms with Crippen LogP contribution in [0.3, 0.4) is 0 Å². The predicted octanol–water partition coefficient (Wildman–Crippen LogP) is 3.81. The van der Waals surface area contributed by atoms with Crippen molar-refractivity contribution in [2.75, 3.05) is 5.32 Å². The van der Waals surface area contributed by atoms with Crippen LogP contribution in [0.25, 0.3) is 11.3 Å². The molecule has 0 radical (unpaired) electrons. The third kappa shape index (κ3) is 5.24. The zero-order valence-electron chi connectivity index (χ0n) is 15.7. The van der Waals surface area contributed by atoms with Crippen LogP contribution in [0, 0.1) is 5.92 Å². The highest BCUT2D eigenvalue weighted by molar-refractivity contribution is 5.96. The summed E-state index contributed by atoms with van der Waals surface area (Å²) < 4.78 is 32.5. The fourth-order valence-electron chi connectivity index (χ4n) is 2.55. The van der Waals surface area contributed by atoms with Crippen LogP contribution in [0.2, 0.25) is 0 Å². The average Bonchev–Trinajstić information content (AvgIpc) is 3.10. The maximum Gasteiger partial charge on any atom is 0.405 e. The van der Waals surface area contributed by atoms with Gasteiger partial charge in [-0.3, -0.25) is 9.78 Å². The summed E-state index contributed by atoms with van der Waals surface area (Å²) in [4.78, 5) is 27.4. The number of nitrogens with one attached hydrogen (secondary N) is 1. The molecular formula is C19H21F2N5O3. The van der Waals surface area contributed by atoms with E-state index in [0.717, 1.165) is 6.20 Å². The molecule has 2 atom stereocenters. The first kappa shape index (κ1) is 21.7. The van der Waals surface area contributed by atoms with Gasteiger partial charge >= 0.3 is 12.6 Å². The van der Waals surface area contributed by atoms with E-state index in [1.807, 2.05) is 0 Å². The van der Waals surface area contributed by atoms with Crippen LogP contribution in [-0.4, -0.2) is 26.8 Å². The van der Waals surface area contributed by atoms with Crippen molar-refractivity contribution in [2.45, 2.75) is 26.0 Å². The number of alkyl halides is 2. The molecule has 0 saturated heterocycles. The zero-order valence-corrected chi connectivity index (χ0v) is 15.7. The topological polar surface area (TPSA) is 112 Å². The van der Waals surface area contributed by atoms with E-state index in [2.05, 4.69) is 28.6 Å². The summed E-state index contributed by atoms with van der Waals surface area (Å²) in [6.45, 7) is 5.79. The van der Waals surface area contributed by atoms with Gasteiger partial charge < -0.3 is 15.8 Å². The highest BCUT2D eigenvalue weighted by Gasteiger charge is 2.23. The Morgan fingerprint density at radius 1 is 1.34 bits per heavy atom. The minimum Gasteiger partial charge on any atom is -0.441 e. The molecule has 0 aliphatic rings. The first-order valence-corrected chi connectivity index (χ1v) is 8.59. The van der Waals surface area contributed by atoms with Gasteiger partial charge in [-0.25, -0.2) is 9.48 Å². The highest BCUT2D eigenvalue weighted by Crippen LogP contribution is 2.33. The number of halogens is 2. The van der Waals surface area contributed by atoms with Crippen LogP contribution in [0.15, 0.2) is 50.0 Å². The number of pyridine rings is 1. The Morgan fingerprint density at radius 3 is 2.66 bits per heavy atom. The van der Waals surface area contributed by atoms with Gasteiger partial charge in [-0.1, -0.05) is 19.1 Å². The van der Waals surface area contributed by atoms with Crippen molar-refractivity contribution in [3.05, 3.63) is 55.5 Å². The quantitative estimate of drug-likeness (QED) is 0.616. The summed E-state index contributed by atoms with van der Waals surface area (Å²) in [6, 6.07) is 1.51. The zero-order chi connectivity index (χ0) is 21.6. The summed E-state index contributed by atoms with van der Waals surface area (Å²) in [5.74, 6) is -0.969. The van der Waals surface area contributed by atoms with E-state index >= 15 is 0 Å². The Morgan fingerprint density at radius 2 is 2.07 bits per heavy atom. The number of carbonyl (C=O) groups is 2. The van der Waals surface area contributed by atoms with E-state index in [4.69, 9.17) is 10.5 Å². The van der Waals surface area contributed by atoms with Gasteiger partial charge in [0.1, 0.15) is 6.10 Å². The second kappa shape index (κ2) is 9.58. The molecule has 0 bridgehead atoms. The van der Waals surface area contributed by atoms with Crippen LogP contribution >= 0.6 is 0 Å². The van der Waals surface area contributed by atoms with E-state index < -0.39 is 30.6 Å². The third-order valence-corrected chi connectivity index (χ3v) is 4.05. The number of aromatic nitrogens is 3. The van der Waals surface area contributed by atoms with Crippen LogP contribution in [0.4, 0.5) is 19.3 Å². The third-order valence-electron chi connectivity index (χ3n) is 4.05. The number of anilines is 1. The number of amides is 2. The number of nitrogens with two attached hydrogens (primary N) is 1. The minimum atomic E-state index is -2.96. The second-order valence-corrected chi connectivity index (χ2v) is 6.10. The molecular weight excluding hydrogens is 384 g/mol. The monoisotopic (exact) mass is 405 g/mol. The van der Waals surface area contributed by atoms with Gasteiger partial charge in [0.05, 0.1) is 23.5 Å². The molecule has 29 heavy (non-hydrogen) atoms. The Labute approximate surface area is 166 Å². The number of ether oxygens (including phenoxy) is 1. The lowest BCUT2D eigenvalue weighted by atomic mass is 10.0. The second-order valence-electron chi connectivity index (χ2n) is 6.10. The Hall–Kier alpha value is -3.56. The number of hydrogen-bond donors (Lipinski definition) is 2. The lowest BCUT2D eigenvalue weighted by Gasteiger charge is -2.17. The predicted molar refractivity (Wildman–Crippen MR) is 103 cm³/mol. The molecule has 0 aliphatic carbocycles. The molecule has 10 heteroatoms. The van der Waals surface area contributed by atoms with Crippen molar-refractivity contribution in [1.29, 1.82) is 0 Å². The molecule has 0 fully saturated rings. The number of carbonyl (C=O) groups excluding carboxylic acids is 2. The van der Waals surface area contributed by atoms with Crippen molar-refractivity contribution in [3.8, 4) is 11.3 Å². The number of hydrogen-bond acceptors (Lipinski definition) is 5. The summed E-state index contributed by atoms with van der Waals surface area (Å²) in [6.07, 6.45) is 5.28. The van der Waals surface area contributed by atoms with Gasteiger partial charge in [0, 0.05) is 29.9 Å². The van der Waals surface area contributed by atoms with Gasteiger partial charge in [-0.15, -0.1) is 13.2 Å². The number of nitrogens with zero attached hydrogens (tertiary/aromatic N) is 3. The van der Waals surface area contributed by atoms with Crippen molar-refractivity contribution >= 4 is 17.7 Å². The molecule has 0 saturated carbocycles. The van der Waals surface area contributed by atoms with Crippen molar-refractivity contribution in [1.82, 2.24) is 14.8 Å². The lowest BCUT2D eigenvalue weighted by Crippen LogP contribution is -2.19. The van der Waals surface area contributed by atoms with Crippen LogP contribution in [-0.2, 0) is 9.53 Å². The largest absolute Gasteiger partial charge is 0.441 e. The number of rotatable bonds is 9. The van der Waals surface area contributed by atoms with E-state index in [-0.39, 0.29) is 23.4 Å². The Balaban J connectivity index is 2.51. The minimum absolute atomic E-state index is 0.0459. The van der Waals surface area contributed by atoms with Gasteiger partial charge in [0.15, 0.2) is 0 Å². The fraction of sp³-hybridized carbons (Fsp3) is 0.263. The van der Waals surface area contributed by atoms with Gasteiger partial charge in [-0.05, 0) is 6.07 Å². The van der Waals surface area contributed by atoms with Gasteiger partial charge in [0.25, 0.3) is 0 Å². The maximum absolute atomic E-state index is 13.5. The summed E-state index contributed by atoms with van der Waals surface area (Å²) >= 11 is 0. The summed E-state index contributed by atoms with van der Waals surface area (Å²) in [7, 11) is 0. The Bertz CT molecular complexity index is 913. The molecule has 2 heterocycles. The summed E-state index contributed by atoms with van der Waals surface area (Å²) in [5, 5.41) is 6.23. The molecule has 0 spiro atoms. The standard InChI is InChI=1S/C19H21F2N5O3/c1-4-6-15(29-19(22)28)12-7-13(9-23-8-12)16-14(10-24-26(16)18(20)21)25-17(27)11(3)5-2/h4-5,7-11,15,18H,1-2,6H2,3H3,(H2,22,28)(H,25,27)/t11?,15-/m0/s1. The molecule has 8 nitrogen and oxygen atoms in total. The number of primary amides is 1. The van der Waals surface area contributed by atoms with Crippen LogP contribution in [0.1, 0.15) is 31.6 Å². The van der Waals surface area contributed by atoms with Crippen molar-refractivity contribution in [3.63, 3.8) is 0 Å². The fourth-order valence-corrected chi connectivity index (χ4v) is 2.55. The van der Waals surface area contributed by atoms with E-state index in [1.54, 1.807) is 6.92 Å². The first-order chi connectivity index (χ1) is 13.8. The highest BCUT2D eigenvalue weighted by atomic mass is 19.3. The van der Waals surface area contributed by atoms with Gasteiger partial charge in [0.2, 0.25) is 5.91 Å². The van der Waals surface area contributed by atoms with Crippen molar-refractivity contribution in [2.24, 2.45) is 11.7 Å². The molecule has 2 rings (SSSR count). The summed E-state index contributed by atoms with van der Waals surface area (Å²) in [5.41, 5.74) is 5.79. The first-order valence-electron chi connectivity index (χ1n) is 8.59. The smallest absolute Gasteiger partial charge is 0.405 e. The van der Waals surface area contributed by atoms with Crippen molar-refractivity contribution < 1.29 is 23.1 Å². The molecule has 0 aromatic carbocycles. The van der Waals surface area contributed by atoms with Gasteiger partial charge in [-0.2, -0.15) is 13.9 Å². The molecule has 2 amide bonds. The van der Waals surface area contributed by atoms with E-state index in [1.165, 1.54) is 30.6 Å². The van der Waals surface area contributed by atoms with Crippen LogP contribution < -0.4 is 11.1 Å². The normalized spacial score (nSPS) is 12.8. The molecule has 3 N–H and O–H groups in total. The Kier molecular flexibility index (Phi) is 7.18. The molecule has 0 aliphatic heterocycles. The molecule has 2 aromatic rings. The maximum atomic E-state index is 13.5. The van der Waals surface area contributed by atoms with E-state index in [9.17, 15) is 18.4 Å². The molecule has 1 unspecified atom stereocenters. The average molecular weight is 405 g/mol. The molecule has 154 valence electrons. The van der Waals surface area contributed by atoms with E-state index in [0.29, 0.717) is 10.2 Å². The lowest BCUT2D eigenvalue weighted by molar-refractivity contribution is -0.118.